The summed E-state index contributed by atoms with van der Waals surface area (Å²) in [4.78, 5) is 10.3. The van der Waals surface area contributed by atoms with Crippen molar-refractivity contribution in [2.45, 2.75) is 12.8 Å². The number of phenols is 1. The molecule has 76 valence electrons. The number of phenolic OH excluding ortho intramolecular Hbond substituents is 1. The molecule has 5 heteroatoms. The molecule has 0 radical (unpaired) electrons. The van der Waals surface area contributed by atoms with Crippen LogP contribution in [0.3, 0.4) is 0 Å². The predicted octanol–water partition coefficient (Wildman–Crippen LogP) is 2.31. The highest BCUT2D eigenvalue weighted by Crippen LogP contribution is 2.30. The van der Waals surface area contributed by atoms with E-state index >= 15 is 0 Å². The van der Waals surface area contributed by atoms with Crippen LogP contribution in [-0.2, 0) is 11.2 Å². The summed E-state index contributed by atoms with van der Waals surface area (Å²) in [6, 6.07) is 2.55. The molecule has 0 spiro atoms. The second kappa shape index (κ2) is 4.41. The minimum absolute atomic E-state index is 0.0214. The van der Waals surface area contributed by atoms with Gasteiger partial charge in [-0.25, -0.2) is 4.39 Å². The van der Waals surface area contributed by atoms with Crippen LogP contribution in [0.25, 0.3) is 0 Å². The van der Waals surface area contributed by atoms with Gasteiger partial charge in [0.2, 0.25) is 0 Å². The molecule has 0 saturated heterocycles. The number of carboxylic acid groups (broad SMARTS) is 1. The van der Waals surface area contributed by atoms with Crippen molar-refractivity contribution in [3.63, 3.8) is 0 Å². The van der Waals surface area contributed by atoms with Gasteiger partial charge in [0, 0.05) is 12.0 Å². The van der Waals surface area contributed by atoms with Gasteiger partial charge in [-0.2, -0.15) is 0 Å². The molecule has 0 aromatic heterocycles. The fourth-order valence-corrected chi connectivity index (χ4v) is 1.42. The normalized spacial score (nSPS) is 10.1. The fourth-order valence-electron chi connectivity index (χ4n) is 1.05. The monoisotopic (exact) mass is 262 g/mol. The van der Waals surface area contributed by atoms with Crippen LogP contribution in [0.2, 0.25) is 0 Å². The molecule has 0 amide bonds. The Morgan fingerprint density at radius 1 is 1.50 bits per heavy atom. The Balaban J connectivity index is 2.95. The van der Waals surface area contributed by atoms with Crippen LogP contribution >= 0.6 is 15.9 Å². The molecule has 0 fully saturated rings. The van der Waals surface area contributed by atoms with E-state index in [2.05, 4.69) is 15.9 Å². The molecule has 1 aromatic carbocycles. The average molecular weight is 263 g/mol. The van der Waals surface area contributed by atoms with Gasteiger partial charge in [-0.3, -0.25) is 4.79 Å². The lowest BCUT2D eigenvalue weighted by Gasteiger charge is -2.05. The highest BCUT2D eigenvalue weighted by Gasteiger charge is 2.12. The topological polar surface area (TPSA) is 57.5 Å². The van der Waals surface area contributed by atoms with E-state index in [4.69, 9.17) is 5.11 Å². The van der Waals surface area contributed by atoms with Crippen molar-refractivity contribution in [1.82, 2.24) is 0 Å². The van der Waals surface area contributed by atoms with Crippen molar-refractivity contribution in [2.24, 2.45) is 0 Å². The first-order valence-electron chi connectivity index (χ1n) is 3.90. The van der Waals surface area contributed by atoms with Gasteiger partial charge in [-0.1, -0.05) is 0 Å². The molecule has 0 aliphatic carbocycles. The standard InChI is InChI=1S/C9H8BrFO3/c10-6-2-3-7(11)5(9(6)14)1-4-8(12)13/h2-3,14H,1,4H2,(H,12,13). The first kappa shape index (κ1) is 11.0. The van der Waals surface area contributed by atoms with E-state index in [-0.39, 0.29) is 24.2 Å². The molecule has 0 saturated carbocycles. The van der Waals surface area contributed by atoms with Gasteiger partial charge in [0.05, 0.1) is 4.47 Å². The lowest BCUT2D eigenvalue weighted by atomic mass is 10.1. The van der Waals surface area contributed by atoms with E-state index in [1.165, 1.54) is 12.1 Å². The molecule has 1 aromatic rings. The maximum absolute atomic E-state index is 13.1. The Morgan fingerprint density at radius 2 is 2.14 bits per heavy atom. The Morgan fingerprint density at radius 3 is 2.71 bits per heavy atom. The largest absolute Gasteiger partial charge is 0.506 e. The highest BCUT2D eigenvalue weighted by molar-refractivity contribution is 9.10. The number of hydrogen-bond donors (Lipinski definition) is 2. The Labute approximate surface area is 88.3 Å². The number of aliphatic carboxylic acids is 1. The van der Waals surface area contributed by atoms with Gasteiger partial charge in [-0.15, -0.1) is 0 Å². The van der Waals surface area contributed by atoms with Gasteiger partial charge in [0.1, 0.15) is 11.6 Å². The lowest BCUT2D eigenvalue weighted by Crippen LogP contribution is -2.00. The molecular formula is C9H8BrFO3. The van der Waals surface area contributed by atoms with Gasteiger partial charge in [0.15, 0.2) is 0 Å². The summed E-state index contributed by atoms with van der Waals surface area (Å²) < 4.78 is 13.5. The first-order chi connectivity index (χ1) is 6.52. The first-order valence-corrected chi connectivity index (χ1v) is 4.69. The Hall–Kier alpha value is -1.10. The number of benzene rings is 1. The fraction of sp³-hybridized carbons (Fsp3) is 0.222. The molecule has 0 bridgehead atoms. The molecule has 0 aliphatic rings. The Kier molecular flexibility index (Phi) is 3.46. The van der Waals surface area contributed by atoms with Crippen LogP contribution < -0.4 is 0 Å². The third kappa shape index (κ3) is 2.45. The molecule has 0 aliphatic heterocycles. The molecule has 2 N–H and O–H groups in total. The van der Waals surface area contributed by atoms with Crippen molar-refractivity contribution >= 4 is 21.9 Å². The molecule has 0 unspecified atom stereocenters. The smallest absolute Gasteiger partial charge is 0.303 e. The van der Waals surface area contributed by atoms with Gasteiger partial charge in [0.25, 0.3) is 0 Å². The number of hydrogen-bond acceptors (Lipinski definition) is 2. The van der Waals surface area contributed by atoms with Crippen molar-refractivity contribution < 1.29 is 19.4 Å². The number of carbonyl (C=O) groups is 1. The third-order valence-electron chi connectivity index (χ3n) is 1.77. The number of halogens is 2. The molecule has 0 atom stereocenters. The highest BCUT2D eigenvalue weighted by atomic mass is 79.9. The van der Waals surface area contributed by atoms with Gasteiger partial charge in [-0.05, 0) is 34.5 Å². The van der Waals surface area contributed by atoms with Gasteiger partial charge < -0.3 is 10.2 Å². The zero-order valence-electron chi connectivity index (χ0n) is 7.13. The van der Waals surface area contributed by atoms with Crippen molar-refractivity contribution in [1.29, 1.82) is 0 Å². The van der Waals surface area contributed by atoms with Crippen LogP contribution in [0.5, 0.6) is 5.75 Å². The van der Waals surface area contributed by atoms with Crippen molar-refractivity contribution in [2.75, 3.05) is 0 Å². The lowest BCUT2D eigenvalue weighted by molar-refractivity contribution is -0.136. The summed E-state index contributed by atoms with van der Waals surface area (Å²) in [5.41, 5.74) is 0.0294. The van der Waals surface area contributed by atoms with Crippen molar-refractivity contribution in [3.8, 4) is 5.75 Å². The molecular weight excluding hydrogens is 255 g/mol. The summed E-state index contributed by atoms with van der Waals surface area (Å²) in [6.45, 7) is 0. The zero-order valence-corrected chi connectivity index (χ0v) is 8.71. The maximum Gasteiger partial charge on any atom is 0.303 e. The van der Waals surface area contributed by atoms with Crippen LogP contribution in [-0.4, -0.2) is 16.2 Å². The van der Waals surface area contributed by atoms with E-state index in [0.29, 0.717) is 4.47 Å². The molecule has 14 heavy (non-hydrogen) atoms. The average Bonchev–Trinajstić information content (AvgIpc) is 2.11. The number of rotatable bonds is 3. The maximum atomic E-state index is 13.1. The van der Waals surface area contributed by atoms with Gasteiger partial charge >= 0.3 is 5.97 Å². The van der Waals surface area contributed by atoms with E-state index in [1.54, 1.807) is 0 Å². The minimum Gasteiger partial charge on any atom is -0.506 e. The van der Waals surface area contributed by atoms with E-state index in [1.807, 2.05) is 0 Å². The second-order valence-electron chi connectivity index (χ2n) is 2.75. The molecule has 3 nitrogen and oxygen atoms in total. The van der Waals surface area contributed by atoms with E-state index in [9.17, 15) is 14.3 Å². The molecule has 1 rings (SSSR count). The van der Waals surface area contributed by atoms with Crippen LogP contribution in [0.15, 0.2) is 16.6 Å². The summed E-state index contributed by atoms with van der Waals surface area (Å²) in [5.74, 6) is -1.85. The number of aromatic hydroxyl groups is 1. The summed E-state index contributed by atoms with van der Waals surface area (Å²) in [5, 5.41) is 17.8. The van der Waals surface area contributed by atoms with E-state index in [0.717, 1.165) is 0 Å². The van der Waals surface area contributed by atoms with Crippen LogP contribution in [0, 0.1) is 5.82 Å². The summed E-state index contributed by atoms with van der Waals surface area (Å²) >= 11 is 3.02. The Bertz CT molecular complexity index is 365. The molecule has 0 heterocycles. The number of carboxylic acids is 1. The second-order valence-corrected chi connectivity index (χ2v) is 3.60. The van der Waals surface area contributed by atoms with Crippen LogP contribution in [0.4, 0.5) is 4.39 Å². The quantitative estimate of drug-likeness (QED) is 0.879. The summed E-state index contributed by atoms with van der Waals surface area (Å²) in [6.07, 6.45) is -0.229. The minimum atomic E-state index is -1.02. The van der Waals surface area contributed by atoms with E-state index < -0.39 is 11.8 Å². The zero-order chi connectivity index (χ0) is 10.7. The third-order valence-corrected chi connectivity index (χ3v) is 2.41. The van der Waals surface area contributed by atoms with Crippen LogP contribution in [0.1, 0.15) is 12.0 Å². The predicted molar refractivity (Wildman–Crippen MR) is 51.7 cm³/mol. The SMILES string of the molecule is O=C(O)CCc1c(F)ccc(Br)c1O. The van der Waals surface area contributed by atoms with Crippen molar-refractivity contribution in [3.05, 3.63) is 28.0 Å². The summed E-state index contributed by atoms with van der Waals surface area (Å²) in [7, 11) is 0.